The summed E-state index contributed by atoms with van der Waals surface area (Å²) in [6, 6.07) is 8.02. The van der Waals surface area contributed by atoms with E-state index in [0.29, 0.717) is 23.0 Å². The van der Waals surface area contributed by atoms with Gasteiger partial charge in [0.05, 0.1) is 25.2 Å². The fourth-order valence-electron chi connectivity index (χ4n) is 2.25. The molecule has 6 nitrogen and oxygen atoms in total. The van der Waals surface area contributed by atoms with Crippen LogP contribution in [0.2, 0.25) is 0 Å². The molecule has 0 saturated heterocycles. The zero-order valence-electron chi connectivity index (χ0n) is 12.0. The number of ether oxygens (including phenoxy) is 3. The average Bonchev–Trinajstić information content (AvgIpc) is 2.72. The maximum absolute atomic E-state index is 10.9. The van der Waals surface area contributed by atoms with Crippen LogP contribution in [0.4, 0.5) is 5.69 Å². The van der Waals surface area contributed by atoms with Crippen molar-refractivity contribution in [2.24, 2.45) is 0 Å². The second-order valence-electron chi connectivity index (χ2n) is 4.66. The van der Waals surface area contributed by atoms with Crippen LogP contribution in [0.3, 0.4) is 0 Å². The summed E-state index contributed by atoms with van der Waals surface area (Å²) in [6.45, 7) is 0. The Balaban J connectivity index is 2.15. The smallest absolute Gasteiger partial charge is 0.273 e. The van der Waals surface area contributed by atoms with Crippen LogP contribution in [0, 0.1) is 10.1 Å². The lowest BCUT2D eigenvalue weighted by Gasteiger charge is -2.14. The standard InChI is InChI=1S/C16H13NO5/c1-20-13-7-11-4-3-10-5-6-12(17(18)19)8-14(10)22-16(11)15(9-13)21-2/h3-9H,1-2H3. The van der Waals surface area contributed by atoms with Gasteiger partial charge in [0.25, 0.3) is 5.69 Å². The highest BCUT2D eigenvalue weighted by molar-refractivity contribution is 5.80. The second kappa shape index (κ2) is 5.40. The Morgan fingerprint density at radius 3 is 2.50 bits per heavy atom. The molecule has 22 heavy (non-hydrogen) atoms. The Labute approximate surface area is 126 Å². The molecular formula is C16H13NO5. The summed E-state index contributed by atoms with van der Waals surface area (Å²) in [5, 5.41) is 10.9. The molecule has 0 radical (unpaired) electrons. The molecule has 0 spiro atoms. The molecule has 0 aromatic heterocycles. The zero-order valence-corrected chi connectivity index (χ0v) is 12.0. The topological polar surface area (TPSA) is 70.8 Å². The van der Waals surface area contributed by atoms with Gasteiger partial charge in [-0.2, -0.15) is 0 Å². The van der Waals surface area contributed by atoms with E-state index in [1.54, 1.807) is 19.2 Å². The highest BCUT2D eigenvalue weighted by Gasteiger charge is 2.19. The van der Waals surface area contributed by atoms with Crippen LogP contribution in [0.15, 0.2) is 30.3 Å². The Morgan fingerprint density at radius 2 is 1.82 bits per heavy atom. The van der Waals surface area contributed by atoms with Crippen molar-refractivity contribution >= 4 is 17.8 Å². The first kappa shape index (κ1) is 13.9. The first-order valence-corrected chi connectivity index (χ1v) is 6.53. The van der Waals surface area contributed by atoms with Crippen molar-refractivity contribution in [2.45, 2.75) is 0 Å². The SMILES string of the molecule is COc1cc2c(c(OC)c1)Oc1cc([N+](=O)[O-])ccc1C=C2. The van der Waals surface area contributed by atoms with Gasteiger partial charge in [-0.15, -0.1) is 0 Å². The van der Waals surface area contributed by atoms with Crippen LogP contribution in [-0.2, 0) is 0 Å². The largest absolute Gasteiger partial charge is 0.497 e. The van der Waals surface area contributed by atoms with Gasteiger partial charge in [0, 0.05) is 23.3 Å². The molecule has 1 aliphatic rings. The number of hydrogen-bond donors (Lipinski definition) is 0. The minimum atomic E-state index is -0.454. The summed E-state index contributed by atoms with van der Waals surface area (Å²) < 4.78 is 16.4. The monoisotopic (exact) mass is 299 g/mol. The van der Waals surface area contributed by atoms with E-state index in [1.807, 2.05) is 18.2 Å². The molecule has 112 valence electrons. The molecule has 0 amide bonds. The van der Waals surface area contributed by atoms with Crippen LogP contribution in [0.1, 0.15) is 11.1 Å². The number of fused-ring (bicyclic) bond motifs is 2. The molecule has 1 aliphatic heterocycles. The molecular weight excluding hydrogens is 286 g/mol. The lowest BCUT2D eigenvalue weighted by molar-refractivity contribution is -0.384. The first-order valence-electron chi connectivity index (χ1n) is 6.53. The van der Waals surface area contributed by atoms with E-state index in [2.05, 4.69) is 0 Å². The fraction of sp³-hybridized carbons (Fsp3) is 0.125. The third-order valence-electron chi connectivity index (χ3n) is 3.38. The van der Waals surface area contributed by atoms with Gasteiger partial charge < -0.3 is 14.2 Å². The molecule has 3 rings (SSSR count). The van der Waals surface area contributed by atoms with Gasteiger partial charge in [-0.25, -0.2) is 0 Å². The summed E-state index contributed by atoms with van der Waals surface area (Å²) in [7, 11) is 3.10. The van der Waals surface area contributed by atoms with Crippen LogP contribution >= 0.6 is 0 Å². The third kappa shape index (κ3) is 2.35. The van der Waals surface area contributed by atoms with Crippen molar-refractivity contribution in [3.8, 4) is 23.0 Å². The highest BCUT2D eigenvalue weighted by Crippen LogP contribution is 2.43. The number of non-ortho nitro benzene ring substituents is 1. The summed E-state index contributed by atoms with van der Waals surface area (Å²) in [6.07, 6.45) is 3.70. The molecule has 1 heterocycles. The van der Waals surface area contributed by atoms with Gasteiger partial charge in [-0.3, -0.25) is 10.1 Å². The number of nitro benzene ring substituents is 1. The van der Waals surface area contributed by atoms with Crippen LogP contribution in [0.25, 0.3) is 12.2 Å². The highest BCUT2D eigenvalue weighted by atomic mass is 16.6. The van der Waals surface area contributed by atoms with E-state index in [-0.39, 0.29) is 5.69 Å². The van der Waals surface area contributed by atoms with Crippen molar-refractivity contribution in [1.82, 2.24) is 0 Å². The summed E-state index contributed by atoms with van der Waals surface area (Å²) in [5.41, 5.74) is 1.50. The van der Waals surface area contributed by atoms with Crippen molar-refractivity contribution in [1.29, 1.82) is 0 Å². The molecule has 0 aliphatic carbocycles. The first-order chi connectivity index (χ1) is 10.6. The van der Waals surface area contributed by atoms with E-state index in [4.69, 9.17) is 14.2 Å². The van der Waals surface area contributed by atoms with Gasteiger partial charge in [-0.05, 0) is 12.1 Å². The Morgan fingerprint density at radius 1 is 1.05 bits per heavy atom. The number of nitro groups is 1. The fourth-order valence-corrected chi connectivity index (χ4v) is 2.25. The normalized spacial score (nSPS) is 11.7. The molecule has 0 unspecified atom stereocenters. The van der Waals surface area contributed by atoms with Crippen molar-refractivity contribution in [3.63, 3.8) is 0 Å². The van der Waals surface area contributed by atoms with Gasteiger partial charge in [-0.1, -0.05) is 12.2 Å². The molecule has 0 atom stereocenters. The Kier molecular flexibility index (Phi) is 3.42. The van der Waals surface area contributed by atoms with Crippen LogP contribution < -0.4 is 14.2 Å². The predicted molar refractivity (Wildman–Crippen MR) is 81.6 cm³/mol. The molecule has 2 aromatic carbocycles. The minimum absolute atomic E-state index is 0.0249. The summed E-state index contributed by atoms with van der Waals surface area (Å²) in [5.74, 6) is 2.05. The van der Waals surface area contributed by atoms with Gasteiger partial charge in [0.1, 0.15) is 11.5 Å². The molecule has 0 saturated carbocycles. The van der Waals surface area contributed by atoms with Gasteiger partial charge >= 0.3 is 0 Å². The van der Waals surface area contributed by atoms with E-state index in [9.17, 15) is 10.1 Å². The number of benzene rings is 2. The summed E-state index contributed by atoms with van der Waals surface area (Å²) >= 11 is 0. The minimum Gasteiger partial charge on any atom is -0.497 e. The van der Waals surface area contributed by atoms with Crippen molar-refractivity contribution < 1.29 is 19.1 Å². The van der Waals surface area contributed by atoms with E-state index < -0.39 is 4.92 Å². The van der Waals surface area contributed by atoms with Crippen LogP contribution in [0.5, 0.6) is 23.0 Å². The lowest BCUT2D eigenvalue weighted by Crippen LogP contribution is -1.95. The van der Waals surface area contributed by atoms with Gasteiger partial charge in [0.15, 0.2) is 11.5 Å². The third-order valence-corrected chi connectivity index (χ3v) is 3.38. The average molecular weight is 299 g/mol. The second-order valence-corrected chi connectivity index (χ2v) is 4.66. The lowest BCUT2D eigenvalue weighted by atomic mass is 10.1. The maximum atomic E-state index is 10.9. The number of hydrogen-bond acceptors (Lipinski definition) is 5. The molecule has 0 N–H and O–H groups in total. The molecule has 0 fully saturated rings. The van der Waals surface area contributed by atoms with Crippen LogP contribution in [-0.4, -0.2) is 19.1 Å². The van der Waals surface area contributed by atoms with E-state index >= 15 is 0 Å². The molecule has 0 bridgehead atoms. The maximum Gasteiger partial charge on any atom is 0.273 e. The Hall–Kier alpha value is -3.02. The van der Waals surface area contributed by atoms with Crippen molar-refractivity contribution in [3.05, 3.63) is 51.6 Å². The molecule has 6 heteroatoms. The Bertz CT molecular complexity index is 782. The van der Waals surface area contributed by atoms with E-state index in [0.717, 1.165) is 11.1 Å². The number of methoxy groups -OCH3 is 2. The predicted octanol–water partition coefficient (Wildman–Crippen LogP) is 3.89. The molecule has 2 aromatic rings. The van der Waals surface area contributed by atoms with E-state index in [1.165, 1.54) is 19.2 Å². The number of rotatable bonds is 3. The quantitative estimate of drug-likeness (QED) is 0.542. The van der Waals surface area contributed by atoms with Gasteiger partial charge in [0.2, 0.25) is 0 Å². The summed E-state index contributed by atoms with van der Waals surface area (Å²) in [4.78, 5) is 10.5. The zero-order chi connectivity index (χ0) is 15.7. The number of nitrogens with zero attached hydrogens (tertiary/aromatic N) is 1. The van der Waals surface area contributed by atoms with Crippen molar-refractivity contribution in [2.75, 3.05) is 14.2 Å².